The molecule has 0 atom stereocenters. The van der Waals surface area contributed by atoms with Crippen LogP contribution in [-0.4, -0.2) is 41.9 Å². The number of hydrogen-bond donors (Lipinski definition) is 1. The molecule has 98 valence electrons. The molecule has 0 aliphatic carbocycles. The minimum absolute atomic E-state index is 0. The van der Waals surface area contributed by atoms with Gasteiger partial charge in [0.05, 0.1) is 0 Å². The van der Waals surface area contributed by atoms with E-state index in [-0.39, 0.29) is 31.0 Å². The van der Waals surface area contributed by atoms with Crippen molar-refractivity contribution < 1.29 is 40.8 Å². The molecule has 0 bridgehead atoms. The Hall–Kier alpha value is 2.36. The van der Waals surface area contributed by atoms with Gasteiger partial charge in [0.15, 0.2) is 0 Å². The van der Waals surface area contributed by atoms with Crippen molar-refractivity contribution in [2.45, 2.75) is 25.7 Å². The molecule has 0 spiro atoms. The summed E-state index contributed by atoms with van der Waals surface area (Å²) < 4.78 is 4.82. The summed E-state index contributed by atoms with van der Waals surface area (Å²) in [6, 6.07) is 0. The second-order valence-electron chi connectivity index (χ2n) is 2.47. The van der Waals surface area contributed by atoms with E-state index in [0.717, 1.165) is 29.7 Å². The van der Waals surface area contributed by atoms with Crippen LogP contribution < -0.4 is 29.6 Å². The standard InChI is InChI=1S/C5H11BrO.C4H8Br2.CH4O.Na.H/c1-7-5-3-2-4-6;5-3-1-2-4-6;1-2;;/h2-5H2,1H3;1-4H2;2H,1H3;;/q;;;+1;-1. The Morgan fingerprint density at radius 2 is 1.19 bits per heavy atom. The SMILES string of the molecule is BrCCCCBr.CO.COCCCCBr.[H-].[Na+]. The van der Waals surface area contributed by atoms with Crippen LogP contribution in [0, 0.1) is 0 Å². The first-order chi connectivity index (χ1) is 7.33. The van der Waals surface area contributed by atoms with Crippen molar-refractivity contribution in [1.29, 1.82) is 0 Å². The Bertz CT molecular complexity index is 78.6. The van der Waals surface area contributed by atoms with E-state index in [1.165, 1.54) is 25.7 Å². The van der Waals surface area contributed by atoms with Gasteiger partial charge in [0.1, 0.15) is 0 Å². The summed E-state index contributed by atoms with van der Waals surface area (Å²) in [4.78, 5) is 0. The average molecular weight is 439 g/mol. The van der Waals surface area contributed by atoms with Crippen molar-refractivity contribution in [3.8, 4) is 0 Å². The predicted octanol–water partition coefficient (Wildman–Crippen LogP) is 1.09. The summed E-state index contributed by atoms with van der Waals surface area (Å²) in [5.41, 5.74) is 0. The summed E-state index contributed by atoms with van der Waals surface area (Å²) in [7, 11) is 2.73. The van der Waals surface area contributed by atoms with Crippen LogP contribution >= 0.6 is 47.8 Å². The first-order valence-electron chi connectivity index (χ1n) is 4.95. The van der Waals surface area contributed by atoms with E-state index < -0.39 is 0 Å². The Morgan fingerprint density at radius 3 is 1.44 bits per heavy atom. The van der Waals surface area contributed by atoms with Crippen LogP contribution in [0.25, 0.3) is 0 Å². The van der Waals surface area contributed by atoms with Crippen molar-refractivity contribution in [3.05, 3.63) is 0 Å². The first kappa shape index (κ1) is 26.8. The zero-order valence-corrected chi connectivity index (χ0v) is 17.4. The number of halogens is 3. The van der Waals surface area contributed by atoms with Gasteiger partial charge in [-0.25, -0.2) is 0 Å². The number of ether oxygens (including phenoxy) is 1. The molecule has 0 aromatic rings. The number of unbranched alkanes of at least 4 members (excludes halogenated alkanes) is 2. The maximum absolute atomic E-state index is 7.00. The maximum atomic E-state index is 7.00. The van der Waals surface area contributed by atoms with Gasteiger partial charge in [-0.05, 0) is 25.7 Å². The first-order valence-corrected chi connectivity index (χ1v) is 8.31. The fourth-order valence-electron chi connectivity index (χ4n) is 0.530. The van der Waals surface area contributed by atoms with Crippen molar-refractivity contribution >= 4 is 47.8 Å². The molecule has 6 heteroatoms. The van der Waals surface area contributed by atoms with Gasteiger partial charge in [-0.15, -0.1) is 0 Å². The topological polar surface area (TPSA) is 29.5 Å². The van der Waals surface area contributed by atoms with E-state index >= 15 is 0 Å². The molecule has 0 fully saturated rings. The third-order valence-electron chi connectivity index (χ3n) is 1.25. The second-order valence-corrected chi connectivity index (χ2v) is 4.85. The predicted molar refractivity (Wildman–Crippen MR) is 81.0 cm³/mol. The Morgan fingerprint density at radius 1 is 0.875 bits per heavy atom. The molecule has 0 aromatic heterocycles. The van der Waals surface area contributed by atoms with Crippen LogP contribution in [-0.2, 0) is 4.74 Å². The monoisotopic (exact) mass is 436 g/mol. The minimum Gasteiger partial charge on any atom is -1.00 e. The van der Waals surface area contributed by atoms with Gasteiger partial charge in [-0.1, -0.05) is 47.8 Å². The van der Waals surface area contributed by atoms with Crippen LogP contribution in [0.15, 0.2) is 0 Å². The summed E-state index contributed by atoms with van der Waals surface area (Å²) in [5.74, 6) is 0. The smallest absolute Gasteiger partial charge is 1.00 e. The fourth-order valence-corrected chi connectivity index (χ4v) is 1.72. The van der Waals surface area contributed by atoms with E-state index in [4.69, 9.17) is 9.84 Å². The summed E-state index contributed by atoms with van der Waals surface area (Å²) in [6.07, 6.45) is 4.95. The molecule has 16 heavy (non-hydrogen) atoms. The maximum Gasteiger partial charge on any atom is 1.00 e. The molecule has 1 N–H and O–H groups in total. The number of rotatable bonds is 7. The number of alkyl halides is 3. The quantitative estimate of drug-likeness (QED) is 0.366. The normalized spacial score (nSPS) is 7.88. The van der Waals surface area contributed by atoms with Crippen LogP contribution in [0.3, 0.4) is 0 Å². The van der Waals surface area contributed by atoms with Gasteiger partial charge in [-0.3, -0.25) is 0 Å². The summed E-state index contributed by atoms with van der Waals surface area (Å²) in [6.45, 7) is 0.894. The zero-order chi connectivity index (χ0) is 12.4. The molecule has 0 radical (unpaired) electrons. The van der Waals surface area contributed by atoms with Gasteiger partial charge in [0.2, 0.25) is 0 Å². The Balaban J connectivity index is -0.0000000448. The van der Waals surface area contributed by atoms with Crippen molar-refractivity contribution in [1.82, 2.24) is 0 Å². The van der Waals surface area contributed by atoms with E-state index in [1.54, 1.807) is 7.11 Å². The van der Waals surface area contributed by atoms with E-state index in [1.807, 2.05) is 0 Å². The van der Waals surface area contributed by atoms with Crippen LogP contribution in [0.5, 0.6) is 0 Å². The molecule has 0 rings (SSSR count). The van der Waals surface area contributed by atoms with Crippen LogP contribution in [0.2, 0.25) is 0 Å². The Labute approximate surface area is 149 Å². The van der Waals surface area contributed by atoms with Gasteiger partial charge in [0, 0.05) is 36.8 Å². The molecular weight excluding hydrogens is 415 g/mol. The minimum atomic E-state index is 0. The molecule has 0 heterocycles. The number of aliphatic hydroxyl groups is 1. The van der Waals surface area contributed by atoms with Gasteiger partial charge >= 0.3 is 29.6 Å². The van der Waals surface area contributed by atoms with Gasteiger partial charge in [0.25, 0.3) is 0 Å². The van der Waals surface area contributed by atoms with E-state index in [9.17, 15) is 0 Å². The molecule has 2 nitrogen and oxygen atoms in total. The van der Waals surface area contributed by atoms with Crippen molar-refractivity contribution in [3.63, 3.8) is 0 Å². The van der Waals surface area contributed by atoms with Crippen LogP contribution in [0.4, 0.5) is 0 Å². The number of aliphatic hydroxyl groups excluding tert-OH is 1. The van der Waals surface area contributed by atoms with E-state index in [2.05, 4.69) is 47.8 Å². The molecule has 0 saturated heterocycles. The third kappa shape index (κ3) is 44.1. The van der Waals surface area contributed by atoms with Gasteiger partial charge < -0.3 is 11.3 Å². The zero-order valence-electron chi connectivity index (χ0n) is 11.6. The van der Waals surface area contributed by atoms with Crippen molar-refractivity contribution in [2.75, 3.05) is 36.8 Å². The molecule has 0 aliphatic heterocycles. The Kier molecular flexibility index (Phi) is 60.4. The molecule has 0 aliphatic rings. The molecule has 0 unspecified atom stereocenters. The van der Waals surface area contributed by atoms with Crippen LogP contribution in [0.1, 0.15) is 27.1 Å². The number of hydrogen-bond acceptors (Lipinski definition) is 2. The van der Waals surface area contributed by atoms with Gasteiger partial charge in [-0.2, -0.15) is 0 Å². The third-order valence-corrected chi connectivity index (χ3v) is 2.93. The number of methoxy groups -OCH3 is 1. The molecule has 0 saturated carbocycles. The molecule has 0 aromatic carbocycles. The average Bonchev–Trinajstić information content (AvgIpc) is 2.31. The van der Waals surface area contributed by atoms with E-state index in [0.29, 0.717) is 0 Å². The second kappa shape index (κ2) is 36.0. The molecular formula is C10H24Br3NaO2. The summed E-state index contributed by atoms with van der Waals surface area (Å²) >= 11 is 9.98. The molecule has 0 amide bonds. The largest absolute Gasteiger partial charge is 1.00 e. The van der Waals surface area contributed by atoms with Crippen molar-refractivity contribution in [2.24, 2.45) is 0 Å². The fraction of sp³-hybridized carbons (Fsp3) is 1.00. The summed E-state index contributed by atoms with van der Waals surface area (Å²) in [5, 5.41) is 10.4.